The molecule has 2 aromatic rings. The third kappa shape index (κ3) is 1.55. The van der Waals surface area contributed by atoms with Gasteiger partial charge in [-0.05, 0) is 0 Å². The fourth-order valence-electron chi connectivity index (χ4n) is 1.15. The van der Waals surface area contributed by atoms with Gasteiger partial charge in [-0.1, -0.05) is 25.9 Å². The van der Waals surface area contributed by atoms with Crippen molar-refractivity contribution in [2.45, 2.75) is 26.2 Å². The molecule has 4 nitrogen and oxygen atoms in total. The van der Waals surface area contributed by atoms with Crippen molar-refractivity contribution in [1.29, 1.82) is 0 Å². The summed E-state index contributed by atoms with van der Waals surface area (Å²) in [5.74, 6) is 0.753. The van der Waals surface area contributed by atoms with Gasteiger partial charge in [-0.3, -0.25) is 5.10 Å². The highest BCUT2D eigenvalue weighted by atomic mass is 16.5. The molecule has 0 aliphatic rings. The molecule has 4 heteroatoms. The highest BCUT2D eigenvalue weighted by Gasteiger charge is 2.19. The quantitative estimate of drug-likeness (QED) is 0.752. The number of aromatic nitrogens is 3. The van der Waals surface area contributed by atoms with Crippen LogP contribution in [0.5, 0.6) is 0 Å². The van der Waals surface area contributed by atoms with Gasteiger partial charge in [0.05, 0.1) is 17.5 Å². The molecule has 0 atom stereocenters. The molecule has 0 unspecified atom stereocenters. The first-order chi connectivity index (χ1) is 6.57. The first-order valence-corrected chi connectivity index (χ1v) is 4.54. The second kappa shape index (κ2) is 2.97. The number of aromatic amines is 1. The van der Waals surface area contributed by atoms with Crippen LogP contribution >= 0.6 is 0 Å². The van der Waals surface area contributed by atoms with Crippen molar-refractivity contribution in [2.24, 2.45) is 0 Å². The van der Waals surface area contributed by atoms with E-state index in [-0.39, 0.29) is 5.41 Å². The molecule has 14 heavy (non-hydrogen) atoms. The van der Waals surface area contributed by atoms with Crippen molar-refractivity contribution in [2.75, 3.05) is 0 Å². The predicted octanol–water partition coefficient (Wildman–Crippen LogP) is 2.36. The molecule has 2 heterocycles. The zero-order valence-corrected chi connectivity index (χ0v) is 8.53. The van der Waals surface area contributed by atoms with Gasteiger partial charge in [0.2, 0.25) is 0 Å². The topological polar surface area (TPSA) is 54.7 Å². The van der Waals surface area contributed by atoms with Gasteiger partial charge in [-0.25, -0.2) is 0 Å². The molecular formula is C10H13N3O. The predicted molar refractivity (Wildman–Crippen MR) is 52.8 cm³/mol. The molecule has 2 aromatic heterocycles. The summed E-state index contributed by atoms with van der Waals surface area (Å²) in [5.41, 5.74) is 1.90. The monoisotopic (exact) mass is 191 g/mol. The third-order valence-corrected chi connectivity index (χ3v) is 2.06. The summed E-state index contributed by atoms with van der Waals surface area (Å²) >= 11 is 0. The molecule has 74 valence electrons. The van der Waals surface area contributed by atoms with Gasteiger partial charge < -0.3 is 4.52 Å². The molecule has 0 aliphatic carbocycles. The lowest BCUT2D eigenvalue weighted by atomic mass is 9.92. The van der Waals surface area contributed by atoms with Crippen molar-refractivity contribution in [3.05, 3.63) is 24.2 Å². The van der Waals surface area contributed by atoms with E-state index >= 15 is 0 Å². The zero-order chi connectivity index (χ0) is 10.2. The second-order valence-corrected chi connectivity index (χ2v) is 4.31. The van der Waals surface area contributed by atoms with Crippen LogP contribution < -0.4 is 0 Å². The van der Waals surface area contributed by atoms with Crippen LogP contribution in [0.1, 0.15) is 26.5 Å². The standard InChI is InChI=1S/C10H13N3O/c1-10(2,3)9-4-8(14-13-9)7-5-11-12-6-7/h4-6H,1-3H3,(H,11,12). The number of nitrogens with one attached hydrogen (secondary N) is 1. The van der Waals surface area contributed by atoms with Crippen LogP contribution in [0.2, 0.25) is 0 Å². The Balaban J connectivity index is 2.36. The Morgan fingerprint density at radius 2 is 2.14 bits per heavy atom. The van der Waals surface area contributed by atoms with E-state index in [1.54, 1.807) is 12.4 Å². The van der Waals surface area contributed by atoms with Gasteiger partial charge in [0, 0.05) is 17.7 Å². The van der Waals surface area contributed by atoms with Crippen molar-refractivity contribution < 1.29 is 4.52 Å². The van der Waals surface area contributed by atoms with Crippen LogP contribution in [0, 0.1) is 0 Å². The lowest BCUT2D eigenvalue weighted by molar-refractivity contribution is 0.402. The Bertz CT molecular complexity index is 409. The maximum Gasteiger partial charge on any atom is 0.170 e. The van der Waals surface area contributed by atoms with Gasteiger partial charge in [-0.15, -0.1) is 0 Å². The molecule has 0 bridgehead atoms. The third-order valence-electron chi connectivity index (χ3n) is 2.06. The molecule has 0 fully saturated rings. The molecule has 0 saturated heterocycles. The second-order valence-electron chi connectivity index (χ2n) is 4.31. The number of hydrogen-bond acceptors (Lipinski definition) is 3. The van der Waals surface area contributed by atoms with Crippen LogP contribution in [0.25, 0.3) is 11.3 Å². The fourth-order valence-corrected chi connectivity index (χ4v) is 1.15. The summed E-state index contributed by atoms with van der Waals surface area (Å²) in [4.78, 5) is 0. The van der Waals surface area contributed by atoms with E-state index in [2.05, 4.69) is 36.1 Å². The first kappa shape index (κ1) is 8.99. The summed E-state index contributed by atoms with van der Waals surface area (Å²) < 4.78 is 5.23. The lowest BCUT2D eigenvalue weighted by Crippen LogP contribution is -2.10. The van der Waals surface area contributed by atoms with E-state index in [1.165, 1.54) is 0 Å². The Morgan fingerprint density at radius 3 is 2.64 bits per heavy atom. The van der Waals surface area contributed by atoms with Gasteiger partial charge >= 0.3 is 0 Å². The zero-order valence-electron chi connectivity index (χ0n) is 8.53. The highest BCUT2D eigenvalue weighted by Crippen LogP contribution is 2.26. The maximum absolute atomic E-state index is 5.23. The van der Waals surface area contributed by atoms with E-state index in [1.807, 2.05) is 6.07 Å². The normalized spacial score (nSPS) is 11.9. The Hall–Kier alpha value is -1.58. The van der Waals surface area contributed by atoms with Crippen molar-refractivity contribution >= 4 is 0 Å². The van der Waals surface area contributed by atoms with Crippen LogP contribution in [0.3, 0.4) is 0 Å². The minimum atomic E-state index is 0.0193. The Morgan fingerprint density at radius 1 is 1.36 bits per heavy atom. The number of hydrogen-bond donors (Lipinski definition) is 1. The van der Waals surface area contributed by atoms with E-state index in [9.17, 15) is 0 Å². The van der Waals surface area contributed by atoms with Gasteiger partial charge in [0.25, 0.3) is 0 Å². The van der Waals surface area contributed by atoms with E-state index < -0.39 is 0 Å². The summed E-state index contributed by atoms with van der Waals surface area (Å²) in [6.07, 6.45) is 3.50. The number of H-pyrrole nitrogens is 1. The minimum Gasteiger partial charge on any atom is -0.356 e. The van der Waals surface area contributed by atoms with Crippen molar-refractivity contribution in [3.63, 3.8) is 0 Å². The SMILES string of the molecule is CC(C)(C)c1cc(-c2cn[nH]c2)on1. The van der Waals surface area contributed by atoms with Crippen LogP contribution in [-0.2, 0) is 5.41 Å². The van der Waals surface area contributed by atoms with Gasteiger partial charge in [-0.2, -0.15) is 5.10 Å². The molecular weight excluding hydrogens is 178 g/mol. The summed E-state index contributed by atoms with van der Waals surface area (Å²) in [7, 11) is 0. The largest absolute Gasteiger partial charge is 0.356 e. The van der Waals surface area contributed by atoms with Crippen molar-refractivity contribution in [1.82, 2.24) is 15.4 Å². The Labute approximate surface area is 82.3 Å². The molecule has 0 aromatic carbocycles. The molecule has 1 N–H and O–H groups in total. The highest BCUT2D eigenvalue weighted by molar-refractivity contribution is 5.54. The van der Waals surface area contributed by atoms with Crippen molar-refractivity contribution in [3.8, 4) is 11.3 Å². The van der Waals surface area contributed by atoms with E-state index in [0.717, 1.165) is 17.0 Å². The van der Waals surface area contributed by atoms with Gasteiger partial charge in [0.1, 0.15) is 0 Å². The average molecular weight is 191 g/mol. The molecule has 0 saturated carbocycles. The minimum absolute atomic E-state index is 0.0193. The van der Waals surface area contributed by atoms with Crippen LogP contribution in [0.4, 0.5) is 0 Å². The van der Waals surface area contributed by atoms with E-state index in [0.29, 0.717) is 0 Å². The molecule has 0 aliphatic heterocycles. The summed E-state index contributed by atoms with van der Waals surface area (Å²) in [6.45, 7) is 6.30. The molecule has 2 rings (SSSR count). The average Bonchev–Trinajstić information content (AvgIpc) is 2.73. The molecule has 0 radical (unpaired) electrons. The van der Waals surface area contributed by atoms with Crippen LogP contribution in [-0.4, -0.2) is 15.4 Å². The van der Waals surface area contributed by atoms with E-state index in [4.69, 9.17) is 4.52 Å². The summed E-state index contributed by atoms with van der Waals surface area (Å²) in [6, 6.07) is 1.95. The fraction of sp³-hybridized carbons (Fsp3) is 0.400. The molecule has 0 amide bonds. The number of rotatable bonds is 1. The maximum atomic E-state index is 5.23. The summed E-state index contributed by atoms with van der Waals surface area (Å²) in [5, 5.41) is 10.6. The molecule has 0 spiro atoms. The van der Waals surface area contributed by atoms with Gasteiger partial charge in [0.15, 0.2) is 5.76 Å². The smallest absolute Gasteiger partial charge is 0.170 e. The first-order valence-electron chi connectivity index (χ1n) is 4.54. The number of nitrogens with zero attached hydrogens (tertiary/aromatic N) is 2. The lowest BCUT2D eigenvalue weighted by Gasteiger charge is -2.12. The van der Waals surface area contributed by atoms with Crippen LogP contribution in [0.15, 0.2) is 23.0 Å². The Kier molecular flexibility index (Phi) is 1.91.